The topological polar surface area (TPSA) is 58.1 Å². The van der Waals surface area contributed by atoms with Gasteiger partial charge >= 0.3 is 6.18 Å². The molecule has 0 atom stereocenters. The third-order valence-corrected chi connectivity index (χ3v) is 3.77. The van der Waals surface area contributed by atoms with E-state index < -0.39 is 11.7 Å². The van der Waals surface area contributed by atoms with Crippen molar-refractivity contribution < 1.29 is 18.0 Å². The molecule has 1 N–H and O–H groups in total. The van der Waals surface area contributed by atoms with E-state index in [9.17, 15) is 18.0 Å². The van der Waals surface area contributed by atoms with Crippen molar-refractivity contribution in [2.75, 3.05) is 18.4 Å². The van der Waals surface area contributed by atoms with Crippen molar-refractivity contribution in [1.82, 2.24) is 14.9 Å². The molecule has 1 aliphatic heterocycles. The summed E-state index contributed by atoms with van der Waals surface area (Å²) in [5.74, 6) is 0.402. The Morgan fingerprint density at radius 3 is 2.38 bits per heavy atom. The van der Waals surface area contributed by atoms with Crippen LogP contribution in [0.25, 0.3) is 0 Å². The van der Waals surface area contributed by atoms with Gasteiger partial charge in [0.1, 0.15) is 0 Å². The summed E-state index contributed by atoms with van der Waals surface area (Å²) in [4.78, 5) is 21.9. The minimum absolute atomic E-state index is 0.0870. The van der Waals surface area contributed by atoms with Crippen LogP contribution in [0.2, 0.25) is 0 Å². The van der Waals surface area contributed by atoms with E-state index in [1.54, 1.807) is 23.4 Å². The second kappa shape index (κ2) is 6.46. The lowest BCUT2D eigenvalue weighted by atomic mass is 10.0. The maximum Gasteiger partial charge on any atom is 0.416 e. The summed E-state index contributed by atoms with van der Waals surface area (Å²) < 4.78 is 37.5. The maximum absolute atomic E-state index is 12.5. The third-order valence-electron chi connectivity index (χ3n) is 3.77. The first kappa shape index (κ1) is 16.2. The van der Waals surface area contributed by atoms with Gasteiger partial charge in [0, 0.05) is 25.5 Å². The zero-order valence-corrected chi connectivity index (χ0v) is 12.6. The number of rotatable bonds is 4. The fourth-order valence-electron chi connectivity index (χ4n) is 2.43. The zero-order valence-electron chi connectivity index (χ0n) is 12.6. The van der Waals surface area contributed by atoms with Crippen LogP contribution in [-0.2, 0) is 17.4 Å². The van der Waals surface area contributed by atoms with Crippen LogP contribution in [-0.4, -0.2) is 39.9 Å². The van der Waals surface area contributed by atoms with Crippen molar-refractivity contribution in [2.24, 2.45) is 0 Å². The number of nitrogens with one attached hydrogen (secondary N) is 1. The number of benzene rings is 1. The van der Waals surface area contributed by atoms with Gasteiger partial charge in [-0.1, -0.05) is 12.1 Å². The van der Waals surface area contributed by atoms with Gasteiger partial charge in [-0.3, -0.25) is 4.79 Å². The molecule has 0 bridgehead atoms. The Labute approximate surface area is 136 Å². The summed E-state index contributed by atoms with van der Waals surface area (Å²) in [7, 11) is 0. The van der Waals surface area contributed by atoms with Crippen molar-refractivity contribution >= 4 is 11.9 Å². The average molecular weight is 336 g/mol. The number of halogens is 3. The van der Waals surface area contributed by atoms with Crippen LogP contribution in [0.1, 0.15) is 11.1 Å². The van der Waals surface area contributed by atoms with Crippen LogP contribution >= 0.6 is 0 Å². The molecule has 1 fully saturated rings. The van der Waals surface area contributed by atoms with E-state index in [0.717, 1.165) is 12.1 Å². The lowest BCUT2D eigenvalue weighted by molar-refractivity contribution is -0.137. The Kier molecular flexibility index (Phi) is 4.37. The largest absolute Gasteiger partial charge is 0.416 e. The first-order chi connectivity index (χ1) is 11.4. The first-order valence-electron chi connectivity index (χ1n) is 7.39. The fraction of sp³-hybridized carbons (Fsp3) is 0.312. The molecule has 2 heterocycles. The lowest BCUT2D eigenvalue weighted by Gasteiger charge is -2.39. The summed E-state index contributed by atoms with van der Waals surface area (Å²) in [6, 6.07) is 6.48. The number of anilines is 1. The Balaban J connectivity index is 1.48. The number of nitrogens with zero attached hydrogens (tertiary/aromatic N) is 3. The smallest absolute Gasteiger partial charge is 0.348 e. The van der Waals surface area contributed by atoms with Gasteiger partial charge in [-0.05, 0) is 23.8 Å². The van der Waals surface area contributed by atoms with E-state index in [4.69, 9.17) is 0 Å². The Bertz CT molecular complexity index is 698. The summed E-state index contributed by atoms with van der Waals surface area (Å²) in [6.45, 7) is 1.05. The van der Waals surface area contributed by atoms with Gasteiger partial charge in [-0.2, -0.15) is 13.2 Å². The molecule has 1 saturated heterocycles. The molecular formula is C16H15F3N4O. The van der Waals surface area contributed by atoms with Gasteiger partial charge < -0.3 is 10.2 Å². The Morgan fingerprint density at radius 2 is 1.79 bits per heavy atom. The summed E-state index contributed by atoms with van der Waals surface area (Å²) in [6.07, 6.45) is -1.02. The number of alkyl halides is 3. The van der Waals surface area contributed by atoms with Gasteiger partial charge in [-0.15, -0.1) is 0 Å². The van der Waals surface area contributed by atoms with Crippen LogP contribution in [0.5, 0.6) is 0 Å². The molecule has 0 spiro atoms. The molecule has 1 amide bonds. The molecule has 5 nitrogen and oxygen atoms in total. The molecule has 126 valence electrons. The number of likely N-dealkylation sites (tertiary alicyclic amines) is 1. The molecule has 1 aliphatic rings. The molecule has 0 unspecified atom stereocenters. The van der Waals surface area contributed by atoms with Crippen molar-refractivity contribution in [2.45, 2.75) is 18.6 Å². The third kappa shape index (κ3) is 3.81. The van der Waals surface area contributed by atoms with Crippen molar-refractivity contribution in [3.8, 4) is 0 Å². The molecule has 8 heteroatoms. The average Bonchev–Trinajstić information content (AvgIpc) is 2.51. The first-order valence-corrected chi connectivity index (χ1v) is 7.39. The van der Waals surface area contributed by atoms with E-state index in [0.29, 0.717) is 24.6 Å². The van der Waals surface area contributed by atoms with Gasteiger partial charge in [0.05, 0.1) is 18.0 Å². The number of amides is 1. The van der Waals surface area contributed by atoms with Gasteiger partial charge in [0.15, 0.2) is 0 Å². The standard InChI is InChI=1S/C16H15F3N4O/c17-16(18,19)12-4-2-11(3-5-12)8-14(24)23-9-13(10-23)22-15-20-6-1-7-21-15/h1-7,13H,8-10H2,(H,20,21,22). The van der Waals surface area contributed by atoms with E-state index in [2.05, 4.69) is 15.3 Å². The second-order valence-corrected chi connectivity index (χ2v) is 5.58. The molecule has 24 heavy (non-hydrogen) atoms. The Morgan fingerprint density at radius 1 is 1.17 bits per heavy atom. The van der Waals surface area contributed by atoms with Crippen LogP contribution in [0, 0.1) is 0 Å². The highest BCUT2D eigenvalue weighted by Crippen LogP contribution is 2.29. The van der Waals surface area contributed by atoms with Crippen molar-refractivity contribution in [3.05, 3.63) is 53.9 Å². The fourth-order valence-corrected chi connectivity index (χ4v) is 2.43. The van der Waals surface area contributed by atoms with Gasteiger partial charge in [0.2, 0.25) is 11.9 Å². The van der Waals surface area contributed by atoms with E-state index >= 15 is 0 Å². The molecule has 2 aromatic rings. The normalized spacial score (nSPS) is 15.0. The Hall–Kier alpha value is -2.64. The van der Waals surface area contributed by atoms with Crippen LogP contribution in [0.15, 0.2) is 42.7 Å². The minimum Gasteiger partial charge on any atom is -0.348 e. The number of carbonyl (C=O) groups is 1. The number of aromatic nitrogens is 2. The highest BCUT2D eigenvalue weighted by molar-refractivity contribution is 5.79. The molecule has 3 rings (SSSR count). The molecule has 1 aromatic carbocycles. The van der Waals surface area contributed by atoms with Gasteiger partial charge in [-0.25, -0.2) is 9.97 Å². The maximum atomic E-state index is 12.5. The van der Waals surface area contributed by atoms with E-state index in [-0.39, 0.29) is 18.4 Å². The summed E-state index contributed by atoms with van der Waals surface area (Å²) >= 11 is 0. The molecule has 0 aliphatic carbocycles. The van der Waals surface area contributed by atoms with Crippen LogP contribution < -0.4 is 5.32 Å². The van der Waals surface area contributed by atoms with E-state index in [1.165, 1.54) is 12.1 Å². The summed E-state index contributed by atoms with van der Waals surface area (Å²) in [5, 5.41) is 3.11. The second-order valence-electron chi connectivity index (χ2n) is 5.58. The van der Waals surface area contributed by atoms with E-state index in [1.807, 2.05) is 0 Å². The number of hydrogen-bond donors (Lipinski definition) is 1. The van der Waals surface area contributed by atoms with Crippen LogP contribution in [0.3, 0.4) is 0 Å². The SMILES string of the molecule is O=C(Cc1ccc(C(F)(F)F)cc1)N1CC(Nc2ncccn2)C1. The lowest BCUT2D eigenvalue weighted by Crippen LogP contribution is -2.57. The molecular weight excluding hydrogens is 321 g/mol. The number of carbonyl (C=O) groups excluding carboxylic acids is 1. The predicted molar refractivity (Wildman–Crippen MR) is 81.2 cm³/mol. The van der Waals surface area contributed by atoms with Crippen molar-refractivity contribution in [3.63, 3.8) is 0 Å². The van der Waals surface area contributed by atoms with Gasteiger partial charge in [0.25, 0.3) is 0 Å². The van der Waals surface area contributed by atoms with Crippen LogP contribution in [0.4, 0.5) is 19.1 Å². The minimum atomic E-state index is -4.36. The molecule has 0 saturated carbocycles. The monoisotopic (exact) mass is 336 g/mol. The highest BCUT2D eigenvalue weighted by atomic mass is 19.4. The number of hydrogen-bond acceptors (Lipinski definition) is 4. The zero-order chi connectivity index (χ0) is 17.2. The predicted octanol–water partition coefficient (Wildman–Crippen LogP) is 2.36. The highest BCUT2D eigenvalue weighted by Gasteiger charge is 2.32. The summed E-state index contributed by atoms with van der Waals surface area (Å²) in [5.41, 5.74) is -0.148. The van der Waals surface area contributed by atoms with Crippen molar-refractivity contribution in [1.29, 1.82) is 0 Å². The molecule has 1 aromatic heterocycles. The molecule has 0 radical (unpaired) electrons. The quantitative estimate of drug-likeness (QED) is 0.931.